The second-order valence-corrected chi connectivity index (χ2v) is 13.1. The van der Waals surface area contributed by atoms with Crippen LogP contribution in [0.4, 0.5) is 9.18 Å². The Bertz CT molecular complexity index is 1490. The highest BCUT2D eigenvalue weighted by atomic mass is 19.1. The van der Waals surface area contributed by atoms with Crippen LogP contribution in [0.3, 0.4) is 0 Å². The third-order valence-electron chi connectivity index (χ3n) is 8.94. The lowest BCUT2D eigenvalue weighted by molar-refractivity contribution is -0.132. The van der Waals surface area contributed by atoms with Gasteiger partial charge in [-0.15, -0.1) is 0 Å². The molecule has 1 saturated carbocycles. The Morgan fingerprint density at radius 1 is 0.957 bits per heavy atom. The minimum atomic E-state index is -1.47. The number of carbonyl (C=O) groups excluding carboxylic acids is 4. The number of amides is 2. The fourth-order valence-electron chi connectivity index (χ4n) is 6.41. The van der Waals surface area contributed by atoms with E-state index in [0.29, 0.717) is 19.3 Å². The molecule has 1 aliphatic carbocycles. The summed E-state index contributed by atoms with van der Waals surface area (Å²) in [4.78, 5) is 53.2. The van der Waals surface area contributed by atoms with Gasteiger partial charge in [-0.3, -0.25) is 14.4 Å². The molecule has 2 amide bonds. The predicted molar refractivity (Wildman–Crippen MR) is 179 cm³/mol. The number of halogens is 1. The number of fused-ring (bicyclic) bond motifs is 1. The number of Topliss-reactive ketones (excluding diaryl/α,β-unsaturated/α-hetero) is 2. The van der Waals surface area contributed by atoms with Gasteiger partial charge < -0.3 is 20.5 Å². The average Bonchev–Trinajstić information content (AvgIpc) is 3.07. The SMILES string of the molecule is CC(C)C[C@H](CC(=O)[C@H](Cc1cccc2ccccc12)NC(=O)OCc1ccccc1)C(=O)N[C@@H](C[C@@H]1CCCCC1=O)C(O)CF. The third kappa shape index (κ3) is 10.7. The van der Waals surface area contributed by atoms with Crippen LogP contribution in [0.1, 0.15) is 69.9 Å². The smallest absolute Gasteiger partial charge is 0.408 e. The predicted octanol–water partition coefficient (Wildman–Crippen LogP) is 6.26. The van der Waals surface area contributed by atoms with Crippen LogP contribution in [0.2, 0.25) is 0 Å². The summed E-state index contributed by atoms with van der Waals surface area (Å²) < 4.78 is 19.1. The van der Waals surface area contributed by atoms with Gasteiger partial charge in [-0.2, -0.15) is 0 Å². The van der Waals surface area contributed by atoms with Crippen LogP contribution >= 0.6 is 0 Å². The van der Waals surface area contributed by atoms with E-state index in [0.717, 1.165) is 34.7 Å². The van der Waals surface area contributed by atoms with Crippen molar-refractivity contribution >= 4 is 34.3 Å². The van der Waals surface area contributed by atoms with E-state index in [9.17, 15) is 28.7 Å². The molecule has 0 aromatic heterocycles. The van der Waals surface area contributed by atoms with Crippen LogP contribution in [0.15, 0.2) is 72.8 Å². The van der Waals surface area contributed by atoms with Crippen LogP contribution in [-0.4, -0.2) is 53.5 Å². The maximum Gasteiger partial charge on any atom is 0.408 e. The summed E-state index contributed by atoms with van der Waals surface area (Å²) in [5, 5.41) is 18.0. The fourth-order valence-corrected chi connectivity index (χ4v) is 6.41. The molecule has 0 bridgehead atoms. The number of alkyl carbamates (subject to hydrolysis) is 1. The van der Waals surface area contributed by atoms with Crippen LogP contribution < -0.4 is 10.6 Å². The Labute approximate surface area is 276 Å². The van der Waals surface area contributed by atoms with Gasteiger partial charge in [0.2, 0.25) is 5.91 Å². The molecule has 47 heavy (non-hydrogen) atoms. The lowest BCUT2D eigenvalue weighted by Crippen LogP contribution is -2.49. The van der Waals surface area contributed by atoms with Crippen LogP contribution in [0.5, 0.6) is 0 Å². The summed E-state index contributed by atoms with van der Waals surface area (Å²) in [5.74, 6) is -1.86. The normalized spacial score (nSPS) is 17.5. The number of benzene rings is 3. The van der Waals surface area contributed by atoms with E-state index < -0.39 is 42.8 Å². The number of alkyl halides is 1. The van der Waals surface area contributed by atoms with Gasteiger partial charge in [0, 0.05) is 31.1 Å². The number of aliphatic hydroxyl groups excluding tert-OH is 1. The first-order chi connectivity index (χ1) is 22.6. The number of ether oxygens (including phenoxy) is 1. The monoisotopic (exact) mass is 646 g/mol. The molecule has 3 aromatic carbocycles. The average molecular weight is 647 g/mol. The van der Waals surface area contributed by atoms with Crippen molar-refractivity contribution in [3.8, 4) is 0 Å². The molecule has 0 aliphatic heterocycles. The standard InChI is InChI=1S/C38H47FN2O6/c1-25(2)19-30(37(45)40-33(36(44)23-39)21-29-14-7-9-18-34(29)42)22-35(43)32(41-38(46)47-24-26-11-4-3-5-12-26)20-28-16-10-15-27-13-6-8-17-31(27)28/h3-6,8,10-13,15-17,25,29-30,32-33,36,44H,7,9,14,18-24H2,1-2H3,(H,40,45)(H,41,46)/t29-,30+,32-,33-,36?/m0/s1. The van der Waals surface area contributed by atoms with Crippen molar-refractivity contribution in [3.63, 3.8) is 0 Å². The molecule has 5 atom stereocenters. The highest BCUT2D eigenvalue weighted by Crippen LogP contribution is 2.27. The Morgan fingerprint density at radius 2 is 1.68 bits per heavy atom. The van der Waals surface area contributed by atoms with Gasteiger partial charge in [0.25, 0.3) is 0 Å². The summed E-state index contributed by atoms with van der Waals surface area (Å²) in [6, 6.07) is 20.8. The molecule has 0 heterocycles. The van der Waals surface area contributed by atoms with E-state index in [4.69, 9.17) is 4.74 Å². The Morgan fingerprint density at radius 3 is 2.40 bits per heavy atom. The van der Waals surface area contributed by atoms with Crippen molar-refractivity contribution < 1.29 is 33.4 Å². The van der Waals surface area contributed by atoms with Gasteiger partial charge in [-0.05, 0) is 53.5 Å². The Kier molecular flexibility index (Phi) is 13.5. The number of rotatable bonds is 16. The van der Waals surface area contributed by atoms with Gasteiger partial charge in [0.05, 0.1) is 12.1 Å². The quantitative estimate of drug-likeness (QED) is 0.169. The van der Waals surface area contributed by atoms with E-state index >= 15 is 0 Å². The lowest BCUT2D eigenvalue weighted by Gasteiger charge is -2.30. The second-order valence-electron chi connectivity index (χ2n) is 13.1. The molecule has 0 saturated heterocycles. The minimum Gasteiger partial charge on any atom is -0.445 e. The molecule has 0 radical (unpaired) electrons. The molecule has 9 heteroatoms. The summed E-state index contributed by atoms with van der Waals surface area (Å²) in [7, 11) is 0. The van der Waals surface area contributed by atoms with Crippen molar-refractivity contribution in [2.45, 2.75) is 90.0 Å². The van der Waals surface area contributed by atoms with E-state index in [1.54, 1.807) is 0 Å². The maximum atomic E-state index is 14.0. The zero-order valence-electron chi connectivity index (χ0n) is 27.3. The van der Waals surface area contributed by atoms with E-state index in [2.05, 4.69) is 10.6 Å². The van der Waals surface area contributed by atoms with Crippen molar-refractivity contribution in [1.82, 2.24) is 10.6 Å². The number of hydrogen-bond donors (Lipinski definition) is 3. The fraction of sp³-hybridized carbons (Fsp3) is 0.474. The van der Waals surface area contributed by atoms with Crippen molar-refractivity contribution in [2.24, 2.45) is 17.8 Å². The summed E-state index contributed by atoms with van der Waals surface area (Å²) in [6.07, 6.45) is 1.05. The first-order valence-electron chi connectivity index (χ1n) is 16.7. The molecule has 3 N–H and O–H groups in total. The molecule has 1 fully saturated rings. The van der Waals surface area contributed by atoms with Gasteiger partial charge in [-0.25, -0.2) is 9.18 Å². The molecule has 1 unspecified atom stereocenters. The molecule has 8 nitrogen and oxygen atoms in total. The molecule has 4 rings (SSSR count). The van der Waals surface area contributed by atoms with E-state index in [-0.39, 0.29) is 49.3 Å². The minimum absolute atomic E-state index is 0.0298. The second kappa shape index (κ2) is 17.7. The highest BCUT2D eigenvalue weighted by Gasteiger charge is 2.34. The first kappa shape index (κ1) is 35.7. The number of ketones is 2. The molecular weight excluding hydrogens is 599 g/mol. The topological polar surface area (TPSA) is 122 Å². The van der Waals surface area contributed by atoms with Gasteiger partial charge in [0.1, 0.15) is 25.2 Å². The van der Waals surface area contributed by atoms with Crippen molar-refractivity contribution in [1.29, 1.82) is 0 Å². The highest BCUT2D eigenvalue weighted by molar-refractivity contribution is 5.93. The number of hydrogen-bond acceptors (Lipinski definition) is 6. The number of aliphatic hydroxyl groups is 1. The van der Waals surface area contributed by atoms with Gasteiger partial charge in [0.15, 0.2) is 5.78 Å². The van der Waals surface area contributed by atoms with Gasteiger partial charge in [-0.1, -0.05) is 93.1 Å². The Balaban J connectivity index is 1.53. The molecule has 0 spiro atoms. The zero-order valence-corrected chi connectivity index (χ0v) is 27.3. The third-order valence-corrected chi connectivity index (χ3v) is 8.94. The maximum absolute atomic E-state index is 14.0. The van der Waals surface area contributed by atoms with E-state index in [1.165, 1.54) is 0 Å². The first-order valence-corrected chi connectivity index (χ1v) is 16.7. The summed E-state index contributed by atoms with van der Waals surface area (Å²) >= 11 is 0. The van der Waals surface area contributed by atoms with Crippen molar-refractivity contribution in [2.75, 3.05) is 6.67 Å². The van der Waals surface area contributed by atoms with E-state index in [1.807, 2.05) is 86.6 Å². The molecule has 3 aromatic rings. The molecule has 252 valence electrons. The van der Waals surface area contributed by atoms with Crippen LogP contribution in [-0.2, 0) is 32.1 Å². The van der Waals surface area contributed by atoms with Crippen molar-refractivity contribution in [3.05, 3.63) is 83.9 Å². The van der Waals surface area contributed by atoms with Gasteiger partial charge >= 0.3 is 6.09 Å². The largest absolute Gasteiger partial charge is 0.445 e. The molecule has 1 aliphatic rings. The summed E-state index contributed by atoms with van der Waals surface area (Å²) in [5.41, 5.74) is 1.66. The van der Waals surface area contributed by atoms with Crippen LogP contribution in [0.25, 0.3) is 10.8 Å². The zero-order chi connectivity index (χ0) is 33.8. The van der Waals surface area contributed by atoms with Crippen LogP contribution in [0, 0.1) is 17.8 Å². The number of nitrogens with one attached hydrogen (secondary N) is 2. The lowest BCUT2D eigenvalue weighted by atomic mass is 9.82. The Hall–Kier alpha value is -4.11. The molecular formula is C38H47FN2O6. The summed E-state index contributed by atoms with van der Waals surface area (Å²) in [6.45, 7) is 2.84. The number of carbonyl (C=O) groups is 4.